The molecule has 1 heterocycles. The predicted octanol–water partition coefficient (Wildman–Crippen LogP) is 12.6. The van der Waals surface area contributed by atoms with Gasteiger partial charge in [0.15, 0.2) is 0 Å². The number of hydrogen-bond acceptors (Lipinski definition) is 1. The van der Waals surface area contributed by atoms with Gasteiger partial charge < -0.3 is 4.42 Å². The van der Waals surface area contributed by atoms with Crippen LogP contribution in [0.3, 0.4) is 0 Å². The van der Waals surface area contributed by atoms with Crippen molar-refractivity contribution in [1.82, 2.24) is 0 Å². The summed E-state index contributed by atoms with van der Waals surface area (Å²) in [6.07, 6.45) is 0. The standard InChI is InChI=1S/C44H28O/c1-3-11-29(12-4-1)31-19-21-32(22-20-31)43-36-15-7-9-17-38(36)44(39-18-10-8-16-37(39)43)34-24-26-41-40(27-34)35-25-23-33(28-42(35)45-41)30-13-5-2-6-14-30/h1-28H/i1D,2D,3D,4D,5D,6D,11D,12D,13D,14D,23D,24D,25D,26D,27D,28D. The molecule has 0 aliphatic heterocycles. The van der Waals surface area contributed by atoms with Crippen LogP contribution in [0.15, 0.2) is 174 Å². The van der Waals surface area contributed by atoms with Crippen molar-refractivity contribution < 1.29 is 26.3 Å². The van der Waals surface area contributed by atoms with Gasteiger partial charge in [-0.1, -0.05) is 145 Å². The lowest BCUT2D eigenvalue weighted by Crippen LogP contribution is -1.91. The Balaban J connectivity index is 1.32. The molecule has 9 rings (SSSR count). The van der Waals surface area contributed by atoms with Crippen LogP contribution < -0.4 is 0 Å². The van der Waals surface area contributed by atoms with E-state index in [1.165, 1.54) is 0 Å². The molecule has 0 unspecified atom stereocenters. The summed E-state index contributed by atoms with van der Waals surface area (Å²) in [4.78, 5) is 0. The molecule has 0 N–H and O–H groups in total. The summed E-state index contributed by atoms with van der Waals surface area (Å²) >= 11 is 0. The van der Waals surface area contributed by atoms with Crippen molar-refractivity contribution in [1.29, 1.82) is 0 Å². The van der Waals surface area contributed by atoms with E-state index in [0.29, 0.717) is 32.7 Å². The lowest BCUT2D eigenvalue weighted by atomic mass is 9.85. The second kappa shape index (κ2) is 10.4. The molecule has 0 saturated heterocycles. The molecule has 0 saturated carbocycles. The molecule has 0 aliphatic carbocycles. The summed E-state index contributed by atoms with van der Waals surface area (Å²) in [5, 5.41) is 2.38. The highest BCUT2D eigenvalue weighted by Gasteiger charge is 2.18. The van der Waals surface area contributed by atoms with E-state index in [1.807, 2.05) is 36.4 Å². The Morgan fingerprint density at radius 2 is 0.844 bits per heavy atom. The van der Waals surface area contributed by atoms with E-state index in [2.05, 4.69) is 0 Å². The zero-order chi connectivity index (χ0) is 43.7. The maximum atomic E-state index is 9.70. The largest absolute Gasteiger partial charge is 0.456 e. The SMILES string of the molecule is [2H]c1c([2H])c([2H])c(-c2ccc(-c3c4ccccc4c(-c4c([2H])c([2H])c5oc6c([2H])c(-c7c([2H])c([2H])c([2H])c([2H])c7[2H])c([2H])c([2H])c6c5c4[2H])c4ccccc34)cc2)c([2H])c1[2H]. The van der Waals surface area contributed by atoms with E-state index in [9.17, 15) is 4.11 Å². The molecule has 0 fully saturated rings. The van der Waals surface area contributed by atoms with Crippen molar-refractivity contribution in [3.8, 4) is 44.5 Å². The molecule has 0 bridgehead atoms. The van der Waals surface area contributed by atoms with Gasteiger partial charge in [0.1, 0.15) is 11.2 Å². The van der Waals surface area contributed by atoms with Gasteiger partial charge in [0.2, 0.25) is 0 Å². The molecule has 0 radical (unpaired) electrons. The van der Waals surface area contributed by atoms with Crippen molar-refractivity contribution >= 4 is 43.5 Å². The van der Waals surface area contributed by atoms with Gasteiger partial charge in [-0.05, 0) is 90.2 Å². The Morgan fingerprint density at radius 1 is 0.333 bits per heavy atom. The molecular weight excluding hydrogens is 544 g/mol. The molecule has 0 aliphatic rings. The van der Waals surface area contributed by atoms with Crippen molar-refractivity contribution in [2.75, 3.05) is 0 Å². The molecule has 8 aromatic carbocycles. The molecule has 1 aromatic heterocycles. The summed E-state index contributed by atoms with van der Waals surface area (Å²) in [6, 6.07) is 13.4. The van der Waals surface area contributed by atoms with Crippen LogP contribution in [-0.2, 0) is 0 Å². The van der Waals surface area contributed by atoms with Crippen LogP contribution in [0.2, 0.25) is 0 Å². The van der Waals surface area contributed by atoms with E-state index in [0.717, 1.165) is 11.1 Å². The van der Waals surface area contributed by atoms with Gasteiger partial charge in [-0.25, -0.2) is 0 Å². The number of hydrogen-bond donors (Lipinski definition) is 0. The van der Waals surface area contributed by atoms with E-state index in [-0.39, 0.29) is 57.2 Å². The molecule has 0 atom stereocenters. The van der Waals surface area contributed by atoms with Crippen LogP contribution in [0.5, 0.6) is 0 Å². The van der Waals surface area contributed by atoms with Gasteiger partial charge in [-0.3, -0.25) is 0 Å². The third-order valence-corrected chi connectivity index (χ3v) is 7.90. The van der Waals surface area contributed by atoms with Crippen molar-refractivity contribution in [2.24, 2.45) is 0 Å². The van der Waals surface area contributed by atoms with Crippen LogP contribution in [0.25, 0.3) is 88.0 Å². The topological polar surface area (TPSA) is 13.1 Å². The average Bonchev–Trinajstić information content (AvgIpc) is 3.68. The van der Waals surface area contributed by atoms with Crippen LogP contribution in [0.4, 0.5) is 0 Å². The van der Waals surface area contributed by atoms with Gasteiger partial charge in [-0.15, -0.1) is 0 Å². The quantitative estimate of drug-likeness (QED) is 0.186. The highest BCUT2D eigenvalue weighted by molar-refractivity contribution is 6.22. The first-order valence-corrected chi connectivity index (χ1v) is 14.1. The molecule has 45 heavy (non-hydrogen) atoms. The number of furan rings is 1. The third kappa shape index (κ3) is 4.24. The van der Waals surface area contributed by atoms with E-state index in [4.69, 9.17) is 22.2 Å². The first-order chi connectivity index (χ1) is 29.0. The predicted molar refractivity (Wildman–Crippen MR) is 190 cm³/mol. The first-order valence-electron chi connectivity index (χ1n) is 22.1. The van der Waals surface area contributed by atoms with Gasteiger partial charge >= 0.3 is 0 Å². The smallest absolute Gasteiger partial charge is 0.136 e. The highest BCUT2D eigenvalue weighted by atomic mass is 16.3. The molecule has 1 nitrogen and oxygen atoms in total. The normalized spacial score (nSPS) is 16.5. The van der Waals surface area contributed by atoms with E-state index < -0.39 is 83.6 Å². The molecule has 0 spiro atoms. The van der Waals surface area contributed by atoms with Crippen molar-refractivity contribution in [3.05, 3.63) is 169 Å². The number of benzene rings is 8. The van der Waals surface area contributed by atoms with Gasteiger partial charge in [0.25, 0.3) is 0 Å². The molecule has 0 amide bonds. The minimum atomic E-state index is -0.688. The van der Waals surface area contributed by atoms with E-state index in [1.54, 1.807) is 36.4 Å². The van der Waals surface area contributed by atoms with Crippen molar-refractivity contribution in [3.63, 3.8) is 0 Å². The summed E-state index contributed by atoms with van der Waals surface area (Å²) in [5.74, 6) is 0. The first kappa shape index (κ1) is 14.2. The summed E-state index contributed by atoms with van der Waals surface area (Å²) in [7, 11) is 0. The molecule has 1 heteroatoms. The summed E-state index contributed by atoms with van der Waals surface area (Å²) in [6.45, 7) is 0. The van der Waals surface area contributed by atoms with Crippen LogP contribution >= 0.6 is 0 Å². The van der Waals surface area contributed by atoms with Crippen LogP contribution in [0.1, 0.15) is 21.9 Å². The fourth-order valence-electron chi connectivity index (χ4n) is 5.92. The van der Waals surface area contributed by atoms with Crippen LogP contribution in [0, 0.1) is 0 Å². The Kier molecular flexibility index (Phi) is 3.28. The number of rotatable bonds is 4. The third-order valence-electron chi connectivity index (χ3n) is 7.90. The minimum absolute atomic E-state index is 0.0304. The fourth-order valence-corrected chi connectivity index (χ4v) is 5.92. The lowest BCUT2D eigenvalue weighted by molar-refractivity contribution is 0.669. The van der Waals surface area contributed by atoms with Crippen molar-refractivity contribution in [2.45, 2.75) is 0 Å². The van der Waals surface area contributed by atoms with Crippen LogP contribution in [-0.4, -0.2) is 0 Å². The molecule has 9 aromatic rings. The second-order valence-corrected chi connectivity index (χ2v) is 10.4. The summed E-state index contributed by atoms with van der Waals surface area (Å²) < 4.78 is 144. The van der Waals surface area contributed by atoms with E-state index >= 15 is 0 Å². The zero-order valence-electron chi connectivity index (χ0n) is 39.3. The Hall–Kier alpha value is -5.92. The second-order valence-electron chi connectivity index (χ2n) is 10.4. The summed E-state index contributed by atoms with van der Waals surface area (Å²) in [5.41, 5.74) is 0.937. The minimum Gasteiger partial charge on any atom is -0.456 e. The van der Waals surface area contributed by atoms with Gasteiger partial charge in [-0.2, -0.15) is 0 Å². The fraction of sp³-hybridized carbons (Fsp3) is 0. The maximum Gasteiger partial charge on any atom is 0.136 e. The Bertz CT molecular complexity index is 3310. The maximum absolute atomic E-state index is 9.70. The average molecular weight is 589 g/mol. The lowest BCUT2D eigenvalue weighted by Gasteiger charge is -2.18. The monoisotopic (exact) mass is 588 g/mol. The van der Waals surface area contributed by atoms with Gasteiger partial charge in [0.05, 0.1) is 21.9 Å². The number of fused-ring (bicyclic) bond motifs is 5. The van der Waals surface area contributed by atoms with Gasteiger partial charge in [0, 0.05) is 10.8 Å². The molecular formula is C44H28O. The zero-order valence-corrected chi connectivity index (χ0v) is 23.3. The molecule has 210 valence electrons. The highest BCUT2D eigenvalue weighted by Crippen LogP contribution is 2.45. The Labute approximate surface area is 284 Å². The Morgan fingerprint density at radius 3 is 1.44 bits per heavy atom.